The van der Waals surface area contributed by atoms with Gasteiger partial charge in [-0.15, -0.1) is 0 Å². The molecule has 9 heteroatoms. The van der Waals surface area contributed by atoms with E-state index < -0.39 is 23.0 Å². The third kappa shape index (κ3) is 2.69. The van der Waals surface area contributed by atoms with Crippen LogP contribution in [0.5, 0.6) is 0 Å². The third-order valence-electron chi connectivity index (χ3n) is 4.25. The molecule has 0 saturated heterocycles. The summed E-state index contributed by atoms with van der Waals surface area (Å²) in [5.41, 5.74) is -0.167. The Bertz CT molecular complexity index is 1350. The SMILES string of the molecule is Cn1c(=O)c2cc(NC(=O)c3cc4cc(F)ccc4o3)cnc2n(C)c1=O. The first-order chi connectivity index (χ1) is 12.8. The highest BCUT2D eigenvalue weighted by atomic mass is 19.1. The van der Waals surface area contributed by atoms with Crippen molar-refractivity contribution in [2.24, 2.45) is 14.1 Å². The molecule has 0 radical (unpaired) electrons. The van der Waals surface area contributed by atoms with Gasteiger partial charge in [0, 0.05) is 19.5 Å². The molecule has 0 aliphatic heterocycles. The third-order valence-corrected chi connectivity index (χ3v) is 4.25. The first-order valence-corrected chi connectivity index (χ1v) is 7.91. The smallest absolute Gasteiger partial charge is 0.332 e. The van der Waals surface area contributed by atoms with Crippen LogP contribution in [0.1, 0.15) is 10.6 Å². The van der Waals surface area contributed by atoms with E-state index in [4.69, 9.17) is 4.42 Å². The molecule has 136 valence electrons. The Hall–Kier alpha value is -3.75. The van der Waals surface area contributed by atoms with Crippen molar-refractivity contribution in [1.82, 2.24) is 14.1 Å². The van der Waals surface area contributed by atoms with Crippen LogP contribution < -0.4 is 16.6 Å². The molecule has 3 aromatic heterocycles. The zero-order chi connectivity index (χ0) is 19.3. The molecule has 0 aliphatic rings. The van der Waals surface area contributed by atoms with E-state index in [9.17, 15) is 18.8 Å². The molecule has 0 saturated carbocycles. The zero-order valence-corrected chi connectivity index (χ0v) is 14.3. The lowest BCUT2D eigenvalue weighted by Crippen LogP contribution is -2.37. The quantitative estimate of drug-likeness (QED) is 0.581. The lowest BCUT2D eigenvalue weighted by molar-refractivity contribution is 0.0998. The molecular formula is C18H13FN4O4. The van der Waals surface area contributed by atoms with E-state index in [0.29, 0.717) is 11.0 Å². The van der Waals surface area contributed by atoms with Crippen molar-refractivity contribution >= 4 is 33.6 Å². The molecule has 0 bridgehead atoms. The summed E-state index contributed by atoms with van der Waals surface area (Å²) in [7, 11) is 2.87. The number of nitrogens with zero attached hydrogens (tertiary/aromatic N) is 3. The minimum Gasteiger partial charge on any atom is -0.451 e. The lowest BCUT2D eigenvalue weighted by atomic mass is 10.2. The fourth-order valence-corrected chi connectivity index (χ4v) is 2.85. The summed E-state index contributed by atoms with van der Waals surface area (Å²) in [6.45, 7) is 0. The number of benzene rings is 1. The monoisotopic (exact) mass is 368 g/mol. The highest BCUT2D eigenvalue weighted by Gasteiger charge is 2.15. The molecule has 0 fully saturated rings. The van der Waals surface area contributed by atoms with E-state index >= 15 is 0 Å². The number of halogens is 1. The van der Waals surface area contributed by atoms with Gasteiger partial charge in [0.15, 0.2) is 5.76 Å². The summed E-state index contributed by atoms with van der Waals surface area (Å²) in [5.74, 6) is -1.02. The molecule has 8 nitrogen and oxygen atoms in total. The molecule has 4 rings (SSSR count). The Morgan fingerprint density at radius 2 is 1.93 bits per heavy atom. The van der Waals surface area contributed by atoms with E-state index in [-0.39, 0.29) is 22.5 Å². The Morgan fingerprint density at radius 3 is 2.70 bits per heavy atom. The second-order valence-electron chi connectivity index (χ2n) is 6.05. The molecule has 1 amide bonds. The van der Waals surface area contributed by atoms with Gasteiger partial charge in [-0.1, -0.05) is 0 Å². The van der Waals surface area contributed by atoms with Gasteiger partial charge < -0.3 is 9.73 Å². The Kier molecular flexibility index (Phi) is 3.65. The van der Waals surface area contributed by atoms with Gasteiger partial charge in [0.25, 0.3) is 11.5 Å². The van der Waals surface area contributed by atoms with E-state index in [2.05, 4.69) is 10.3 Å². The number of anilines is 1. The van der Waals surface area contributed by atoms with Gasteiger partial charge in [-0.3, -0.25) is 18.7 Å². The summed E-state index contributed by atoms with van der Waals surface area (Å²) >= 11 is 0. The highest BCUT2D eigenvalue weighted by molar-refractivity contribution is 6.05. The minimum atomic E-state index is -0.575. The van der Waals surface area contributed by atoms with Crippen molar-refractivity contribution in [1.29, 1.82) is 0 Å². The van der Waals surface area contributed by atoms with E-state index in [1.165, 1.54) is 55.2 Å². The van der Waals surface area contributed by atoms with Crippen molar-refractivity contribution in [2.45, 2.75) is 0 Å². The first kappa shape index (κ1) is 16.7. The van der Waals surface area contributed by atoms with Gasteiger partial charge in [0.1, 0.15) is 17.0 Å². The zero-order valence-electron chi connectivity index (χ0n) is 14.3. The molecule has 4 aromatic rings. The number of amides is 1. The van der Waals surface area contributed by atoms with Crippen LogP contribution in [0.2, 0.25) is 0 Å². The largest absolute Gasteiger partial charge is 0.451 e. The van der Waals surface area contributed by atoms with E-state index in [1.807, 2.05) is 0 Å². The van der Waals surface area contributed by atoms with Gasteiger partial charge in [0.05, 0.1) is 17.3 Å². The maximum atomic E-state index is 13.3. The van der Waals surface area contributed by atoms with Gasteiger partial charge in [-0.25, -0.2) is 14.2 Å². The fourth-order valence-electron chi connectivity index (χ4n) is 2.85. The fraction of sp³-hybridized carbons (Fsp3) is 0.111. The maximum Gasteiger partial charge on any atom is 0.332 e. The van der Waals surface area contributed by atoms with Crippen molar-refractivity contribution in [3.05, 3.63) is 68.9 Å². The van der Waals surface area contributed by atoms with Gasteiger partial charge in [0.2, 0.25) is 0 Å². The summed E-state index contributed by atoms with van der Waals surface area (Å²) in [4.78, 5) is 40.8. The Balaban J connectivity index is 1.73. The number of rotatable bonds is 2. The highest BCUT2D eigenvalue weighted by Crippen LogP contribution is 2.21. The topological polar surface area (TPSA) is 99.1 Å². The normalized spacial score (nSPS) is 11.2. The van der Waals surface area contributed by atoms with Crippen LogP contribution in [0, 0.1) is 5.82 Å². The van der Waals surface area contributed by atoms with Crippen LogP contribution >= 0.6 is 0 Å². The van der Waals surface area contributed by atoms with Crippen LogP contribution in [0.15, 0.2) is 50.5 Å². The molecular weight excluding hydrogens is 355 g/mol. The number of pyridine rings is 1. The van der Waals surface area contributed by atoms with Crippen LogP contribution in [-0.2, 0) is 14.1 Å². The molecule has 3 heterocycles. The standard InChI is InChI=1S/C18H13FN4O4/c1-22-15-12(17(25)23(2)18(22)26)7-11(8-20-15)21-16(24)14-6-9-5-10(19)3-4-13(9)27-14/h3-8H,1-2H3,(H,21,24). The first-order valence-electron chi connectivity index (χ1n) is 7.91. The van der Waals surface area contributed by atoms with E-state index in [1.54, 1.807) is 0 Å². The molecule has 27 heavy (non-hydrogen) atoms. The van der Waals surface area contributed by atoms with Gasteiger partial charge >= 0.3 is 5.69 Å². The minimum absolute atomic E-state index is 0.0101. The van der Waals surface area contributed by atoms with Crippen molar-refractivity contribution < 1.29 is 13.6 Å². The van der Waals surface area contributed by atoms with Gasteiger partial charge in [-0.05, 0) is 30.3 Å². The van der Waals surface area contributed by atoms with Crippen LogP contribution in [-0.4, -0.2) is 20.0 Å². The maximum absolute atomic E-state index is 13.3. The number of furan rings is 1. The average Bonchev–Trinajstić information content (AvgIpc) is 3.08. The van der Waals surface area contributed by atoms with E-state index in [0.717, 1.165) is 4.57 Å². The lowest BCUT2D eigenvalue weighted by Gasteiger charge is -2.08. The number of hydrogen-bond acceptors (Lipinski definition) is 5. The molecule has 0 spiro atoms. The summed E-state index contributed by atoms with van der Waals surface area (Å²) in [6.07, 6.45) is 1.33. The molecule has 0 aliphatic carbocycles. The van der Waals surface area contributed by atoms with Crippen LogP contribution in [0.4, 0.5) is 10.1 Å². The van der Waals surface area contributed by atoms with Crippen molar-refractivity contribution in [3.63, 3.8) is 0 Å². The Morgan fingerprint density at radius 1 is 1.15 bits per heavy atom. The molecule has 0 atom stereocenters. The summed E-state index contributed by atoms with van der Waals surface area (Å²) < 4.78 is 20.9. The molecule has 0 unspecified atom stereocenters. The van der Waals surface area contributed by atoms with Gasteiger partial charge in [-0.2, -0.15) is 0 Å². The number of aryl methyl sites for hydroxylation is 1. The predicted octanol–water partition coefficient (Wildman–Crippen LogP) is 1.77. The predicted molar refractivity (Wildman–Crippen MR) is 96.4 cm³/mol. The number of carbonyl (C=O) groups excluding carboxylic acids is 1. The number of carbonyl (C=O) groups is 1. The Labute approximate surface area is 150 Å². The average molecular weight is 368 g/mol. The summed E-state index contributed by atoms with van der Waals surface area (Å²) in [5, 5.41) is 3.23. The number of hydrogen-bond donors (Lipinski definition) is 1. The second-order valence-corrected chi connectivity index (χ2v) is 6.05. The van der Waals surface area contributed by atoms with Crippen LogP contribution in [0.25, 0.3) is 22.0 Å². The van der Waals surface area contributed by atoms with Crippen molar-refractivity contribution in [3.8, 4) is 0 Å². The molecule has 1 N–H and O–H groups in total. The van der Waals surface area contributed by atoms with Crippen molar-refractivity contribution in [2.75, 3.05) is 5.32 Å². The number of fused-ring (bicyclic) bond motifs is 2. The number of aromatic nitrogens is 3. The number of nitrogens with one attached hydrogen (secondary N) is 1. The second kappa shape index (κ2) is 5.90. The van der Waals surface area contributed by atoms with Crippen LogP contribution in [0.3, 0.4) is 0 Å². The summed E-state index contributed by atoms with van der Waals surface area (Å²) in [6, 6.07) is 6.79. The molecule has 1 aromatic carbocycles.